The van der Waals surface area contributed by atoms with Crippen molar-refractivity contribution < 1.29 is 13.5 Å². The Balaban J connectivity index is 1.69. The number of nitrogens with zero attached hydrogens (tertiary/aromatic N) is 2. The van der Waals surface area contributed by atoms with Gasteiger partial charge >= 0.3 is 0 Å². The van der Waals surface area contributed by atoms with E-state index in [9.17, 15) is 13.5 Å². The molecule has 0 aliphatic carbocycles. The van der Waals surface area contributed by atoms with E-state index in [2.05, 4.69) is 17.0 Å². The van der Waals surface area contributed by atoms with E-state index < -0.39 is 10.0 Å². The van der Waals surface area contributed by atoms with Crippen molar-refractivity contribution in [2.24, 2.45) is 0 Å². The largest absolute Gasteiger partial charge is 0.392 e. The molecule has 0 unspecified atom stereocenters. The van der Waals surface area contributed by atoms with Gasteiger partial charge in [0.1, 0.15) is 0 Å². The van der Waals surface area contributed by atoms with E-state index in [0.29, 0.717) is 42.2 Å². The first-order valence-corrected chi connectivity index (χ1v) is 9.91. The number of aryl methyl sites for hydroxylation is 1. The van der Waals surface area contributed by atoms with Crippen LogP contribution < -0.4 is 0 Å². The zero-order chi connectivity index (χ0) is 17.9. The minimum atomic E-state index is -3.53. The fraction of sp³-hybridized carbons (Fsp3) is 0.368. The predicted molar refractivity (Wildman–Crippen MR) is 97.6 cm³/mol. The fourth-order valence-electron chi connectivity index (χ4n) is 3.13. The van der Waals surface area contributed by atoms with Crippen molar-refractivity contribution in [3.8, 4) is 0 Å². The third kappa shape index (κ3) is 4.10. The summed E-state index contributed by atoms with van der Waals surface area (Å²) in [5, 5.41) is 9.29. The van der Waals surface area contributed by atoms with Crippen molar-refractivity contribution in [2.45, 2.75) is 25.0 Å². The summed E-state index contributed by atoms with van der Waals surface area (Å²) in [7, 11) is -3.53. The normalized spacial score (nSPS) is 16.9. The molecule has 1 N–H and O–H groups in total. The number of aliphatic hydroxyl groups is 1. The standard InChI is InChI=1S/C19H24N2O3S/c1-16-7-8-18(15-22)13-19(16)25(23,24)21-11-9-20(10-12-21)14-17-5-3-2-4-6-17/h2-8,13,22H,9-12,14-15H2,1H3. The van der Waals surface area contributed by atoms with Gasteiger partial charge in [-0.05, 0) is 29.7 Å². The summed E-state index contributed by atoms with van der Waals surface area (Å²) in [5.41, 5.74) is 2.57. The molecule has 134 valence electrons. The summed E-state index contributed by atoms with van der Waals surface area (Å²) in [5.74, 6) is 0. The topological polar surface area (TPSA) is 60.9 Å². The molecule has 1 fully saturated rings. The average molecular weight is 360 g/mol. The summed E-state index contributed by atoms with van der Waals surface area (Å²) < 4.78 is 27.5. The lowest BCUT2D eigenvalue weighted by atomic mass is 10.2. The van der Waals surface area contributed by atoms with Gasteiger partial charge in [-0.25, -0.2) is 8.42 Å². The van der Waals surface area contributed by atoms with Gasteiger partial charge in [-0.1, -0.05) is 42.5 Å². The van der Waals surface area contributed by atoms with E-state index in [1.807, 2.05) is 18.2 Å². The third-order valence-corrected chi connectivity index (χ3v) is 6.67. The number of aliphatic hydroxyl groups excluding tert-OH is 1. The maximum atomic E-state index is 13.0. The van der Waals surface area contributed by atoms with E-state index >= 15 is 0 Å². The number of hydrogen-bond donors (Lipinski definition) is 1. The minimum Gasteiger partial charge on any atom is -0.392 e. The first-order chi connectivity index (χ1) is 12.0. The van der Waals surface area contributed by atoms with Crippen molar-refractivity contribution in [1.82, 2.24) is 9.21 Å². The van der Waals surface area contributed by atoms with Crippen molar-refractivity contribution in [1.29, 1.82) is 0 Å². The summed E-state index contributed by atoms with van der Waals surface area (Å²) in [4.78, 5) is 2.58. The van der Waals surface area contributed by atoms with Gasteiger partial charge in [-0.3, -0.25) is 4.90 Å². The van der Waals surface area contributed by atoms with E-state index in [4.69, 9.17) is 0 Å². The Kier molecular flexibility index (Phi) is 5.54. The van der Waals surface area contributed by atoms with Crippen LogP contribution in [0.2, 0.25) is 0 Å². The van der Waals surface area contributed by atoms with Crippen LogP contribution in [-0.2, 0) is 23.2 Å². The molecule has 0 radical (unpaired) electrons. The molecule has 0 atom stereocenters. The molecule has 0 aromatic heterocycles. The Labute approximate surface area is 149 Å². The lowest BCUT2D eigenvalue weighted by Gasteiger charge is -2.34. The zero-order valence-corrected chi connectivity index (χ0v) is 15.2. The van der Waals surface area contributed by atoms with Crippen molar-refractivity contribution >= 4 is 10.0 Å². The number of sulfonamides is 1. The molecule has 1 saturated heterocycles. The highest BCUT2D eigenvalue weighted by molar-refractivity contribution is 7.89. The first kappa shape index (κ1) is 18.1. The Hall–Kier alpha value is -1.73. The van der Waals surface area contributed by atoms with Gasteiger partial charge in [-0.2, -0.15) is 4.31 Å². The molecule has 0 amide bonds. The highest BCUT2D eigenvalue weighted by Gasteiger charge is 2.29. The van der Waals surface area contributed by atoms with Crippen LogP contribution in [0.25, 0.3) is 0 Å². The zero-order valence-electron chi connectivity index (χ0n) is 14.4. The Morgan fingerprint density at radius 3 is 2.28 bits per heavy atom. The highest BCUT2D eigenvalue weighted by atomic mass is 32.2. The predicted octanol–water partition coefficient (Wildman–Crippen LogP) is 1.99. The number of rotatable bonds is 5. The van der Waals surface area contributed by atoms with Gasteiger partial charge in [0.05, 0.1) is 11.5 Å². The molecule has 1 heterocycles. The molecule has 0 spiro atoms. The summed E-state index contributed by atoms with van der Waals surface area (Å²) in [6, 6.07) is 15.3. The molecule has 2 aromatic carbocycles. The first-order valence-electron chi connectivity index (χ1n) is 8.47. The molecular formula is C19H24N2O3S. The van der Waals surface area contributed by atoms with Gasteiger partial charge in [-0.15, -0.1) is 0 Å². The van der Waals surface area contributed by atoms with Crippen LogP contribution in [0, 0.1) is 6.92 Å². The second kappa shape index (κ2) is 7.66. The van der Waals surface area contributed by atoms with Crippen LogP contribution in [0.15, 0.2) is 53.4 Å². The van der Waals surface area contributed by atoms with E-state index in [1.165, 1.54) is 5.56 Å². The molecule has 0 bridgehead atoms. The van der Waals surface area contributed by atoms with Gasteiger partial charge < -0.3 is 5.11 Å². The van der Waals surface area contributed by atoms with Crippen molar-refractivity contribution in [3.05, 3.63) is 65.2 Å². The Bertz CT molecular complexity index is 814. The minimum absolute atomic E-state index is 0.159. The smallest absolute Gasteiger partial charge is 0.243 e. The maximum absolute atomic E-state index is 13.0. The molecule has 2 aromatic rings. The average Bonchev–Trinajstić information content (AvgIpc) is 2.63. The van der Waals surface area contributed by atoms with E-state index in [-0.39, 0.29) is 6.61 Å². The maximum Gasteiger partial charge on any atom is 0.243 e. The van der Waals surface area contributed by atoms with Gasteiger partial charge in [0.15, 0.2) is 0 Å². The monoisotopic (exact) mass is 360 g/mol. The van der Waals surface area contributed by atoms with Crippen LogP contribution in [0.5, 0.6) is 0 Å². The van der Waals surface area contributed by atoms with Crippen LogP contribution in [0.3, 0.4) is 0 Å². The van der Waals surface area contributed by atoms with E-state index in [0.717, 1.165) is 6.54 Å². The lowest BCUT2D eigenvalue weighted by Crippen LogP contribution is -2.48. The molecule has 25 heavy (non-hydrogen) atoms. The van der Waals surface area contributed by atoms with E-state index in [1.54, 1.807) is 29.4 Å². The number of benzene rings is 2. The fourth-order valence-corrected chi connectivity index (χ4v) is 4.83. The molecule has 1 aliphatic heterocycles. The second-order valence-electron chi connectivity index (χ2n) is 6.42. The molecule has 5 nitrogen and oxygen atoms in total. The summed E-state index contributed by atoms with van der Waals surface area (Å²) in [6.07, 6.45) is 0. The van der Waals surface area contributed by atoms with Gasteiger partial charge in [0.2, 0.25) is 10.0 Å². The van der Waals surface area contributed by atoms with Gasteiger partial charge in [0, 0.05) is 32.7 Å². The highest BCUT2D eigenvalue weighted by Crippen LogP contribution is 2.23. The van der Waals surface area contributed by atoms with Crippen LogP contribution in [0.4, 0.5) is 0 Å². The van der Waals surface area contributed by atoms with Crippen molar-refractivity contribution in [3.63, 3.8) is 0 Å². The molecule has 6 heteroatoms. The molecular weight excluding hydrogens is 336 g/mol. The number of hydrogen-bond acceptors (Lipinski definition) is 4. The SMILES string of the molecule is Cc1ccc(CO)cc1S(=O)(=O)N1CCN(Cc2ccccc2)CC1. The molecule has 3 rings (SSSR count). The third-order valence-electron chi connectivity index (χ3n) is 4.63. The summed E-state index contributed by atoms with van der Waals surface area (Å²) >= 11 is 0. The number of piperazine rings is 1. The van der Waals surface area contributed by atoms with Crippen LogP contribution in [0.1, 0.15) is 16.7 Å². The van der Waals surface area contributed by atoms with Gasteiger partial charge in [0.25, 0.3) is 0 Å². The van der Waals surface area contributed by atoms with Crippen molar-refractivity contribution in [2.75, 3.05) is 26.2 Å². The quantitative estimate of drug-likeness (QED) is 0.886. The lowest BCUT2D eigenvalue weighted by molar-refractivity contribution is 0.181. The molecule has 0 saturated carbocycles. The van der Waals surface area contributed by atoms with Crippen LogP contribution in [-0.4, -0.2) is 48.9 Å². The molecule has 1 aliphatic rings. The Morgan fingerprint density at radius 1 is 0.960 bits per heavy atom. The van der Waals surface area contributed by atoms with Crippen LogP contribution >= 0.6 is 0 Å². The summed E-state index contributed by atoms with van der Waals surface area (Å²) in [6.45, 7) is 4.87. The Morgan fingerprint density at radius 2 is 1.64 bits per heavy atom. The second-order valence-corrected chi connectivity index (χ2v) is 8.33.